The van der Waals surface area contributed by atoms with Gasteiger partial charge < -0.3 is 24.5 Å². The molecule has 2 fully saturated rings. The van der Waals surface area contributed by atoms with Gasteiger partial charge in [0.25, 0.3) is 5.91 Å². The Labute approximate surface area is 176 Å². The standard InChI is InChI=1S/C23H28N2O5/c1-2-29-18-9-4-3-8-17(18)21(27)25-20(19-10-7-13-30-19)16(15-26)14-23(25)11-5-6-12-24-22(23)28/h3-4,7-10,13,16,20,26H,2,5-6,11-12,14-15H2,1H3,(H,24,28)/t16-,20-,23+/m1/s1. The highest BCUT2D eigenvalue weighted by molar-refractivity contribution is 6.02. The van der Waals surface area contributed by atoms with Gasteiger partial charge in [-0.25, -0.2) is 0 Å². The Bertz CT molecular complexity index is 897. The molecule has 2 saturated heterocycles. The molecule has 3 heterocycles. The van der Waals surface area contributed by atoms with Gasteiger partial charge in [0.15, 0.2) is 0 Å². The fourth-order valence-electron chi connectivity index (χ4n) is 4.93. The zero-order chi connectivity index (χ0) is 21.1. The number of rotatable bonds is 5. The van der Waals surface area contributed by atoms with E-state index in [4.69, 9.17) is 9.15 Å². The van der Waals surface area contributed by atoms with E-state index in [0.717, 1.165) is 12.8 Å². The molecule has 2 aliphatic heterocycles. The zero-order valence-corrected chi connectivity index (χ0v) is 17.2. The number of carbonyl (C=O) groups excluding carboxylic acids is 2. The van der Waals surface area contributed by atoms with Gasteiger partial charge in [-0.15, -0.1) is 0 Å². The maximum absolute atomic E-state index is 14.0. The summed E-state index contributed by atoms with van der Waals surface area (Å²) in [5.41, 5.74) is -0.622. The molecule has 7 heteroatoms. The highest BCUT2D eigenvalue weighted by Gasteiger charge is 2.59. The summed E-state index contributed by atoms with van der Waals surface area (Å²) < 4.78 is 11.4. The van der Waals surface area contributed by atoms with E-state index in [1.165, 1.54) is 0 Å². The first-order valence-electron chi connectivity index (χ1n) is 10.6. The summed E-state index contributed by atoms with van der Waals surface area (Å²) in [5.74, 6) is 0.316. The summed E-state index contributed by atoms with van der Waals surface area (Å²) in [4.78, 5) is 29.0. The van der Waals surface area contributed by atoms with E-state index in [0.29, 0.717) is 43.1 Å². The van der Waals surface area contributed by atoms with Crippen LogP contribution in [0.3, 0.4) is 0 Å². The number of nitrogens with one attached hydrogen (secondary N) is 1. The highest BCUT2D eigenvalue weighted by Crippen LogP contribution is 2.50. The molecule has 30 heavy (non-hydrogen) atoms. The third kappa shape index (κ3) is 3.37. The lowest BCUT2D eigenvalue weighted by atomic mass is 9.86. The molecular weight excluding hydrogens is 384 g/mol. The largest absolute Gasteiger partial charge is 0.493 e. The van der Waals surface area contributed by atoms with Crippen molar-refractivity contribution in [3.05, 3.63) is 54.0 Å². The molecule has 2 N–H and O–H groups in total. The van der Waals surface area contributed by atoms with Crippen LogP contribution in [0.4, 0.5) is 0 Å². The molecule has 1 spiro atoms. The number of para-hydroxylation sites is 1. The molecular formula is C23H28N2O5. The van der Waals surface area contributed by atoms with Crippen molar-refractivity contribution in [2.24, 2.45) is 5.92 Å². The normalized spacial score (nSPS) is 26.5. The van der Waals surface area contributed by atoms with Crippen LogP contribution in [0.2, 0.25) is 0 Å². The minimum absolute atomic E-state index is 0.142. The minimum atomic E-state index is -1.03. The van der Waals surface area contributed by atoms with Gasteiger partial charge in [0.05, 0.1) is 24.5 Å². The minimum Gasteiger partial charge on any atom is -0.493 e. The summed E-state index contributed by atoms with van der Waals surface area (Å²) >= 11 is 0. The molecule has 0 bridgehead atoms. The Balaban J connectivity index is 1.86. The lowest BCUT2D eigenvalue weighted by Gasteiger charge is -2.39. The van der Waals surface area contributed by atoms with E-state index < -0.39 is 11.6 Å². The number of carbonyl (C=O) groups is 2. The molecule has 2 aromatic rings. The Morgan fingerprint density at radius 3 is 2.87 bits per heavy atom. The Morgan fingerprint density at radius 1 is 1.30 bits per heavy atom. The Morgan fingerprint density at radius 2 is 2.13 bits per heavy atom. The van der Waals surface area contributed by atoms with Gasteiger partial charge in [-0.2, -0.15) is 0 Å². The first-order valence-corrected chi connectivity index (χ1v) is 10.6. The fraction of sp³-hybridized carbons (Fsp3) is 0.478. The van der Waals surface area contributed by atoms with Crippen molar-refractivity contribution in [3.63, 3.8) is 0 Å². The molecule has 1 aromatic heterocycles. The molecule has 0 radical (unpaired) electrons. The SMILES string of the molecule is CCOc1ccccc1C(=O)N1[C@@H](c2ccco2)[C@@H](CO)C[C@]12CCCCNC2=O. The Kier molecular flexibility index (Phi) is 5.81. The second-order valence-electron chi connectivity index (χ2n) is 7.96. The Hall–Kier alpha value is -2.80. The number of hydrogen-bond donors (Lipinski definition) is 2. The van der Waals surface area contributed by atoms with Crippen LogP contribution in [0, 0.1) is 5.92 Å². The van der Waals surface area contributed by atoms with E-state index in [-0.39, 0.29) is 24.3 Å². The van der Waals surface area contributed by atoms with E-state index in [1.807, 2.05) is 13.0 Å². The van der Waals surface area contributed by atoms with Gasteiger partial charge in [-0.3, -0.25) is 9.59 Å². The van der Waals surface area contributed by atoms with Crippen LogP contribution in [0.5, 0.6) is 5.75 Å². The number of aliphatic hydroxyl groups excluding tert-OH is 1. The molecule has 0 aliphatic carbocycles. The molecule has 7 nitrogen and oxygen atoms in total. The number of nitrogens with zero attached hydrogens (tertiary/aromatic N) is 1. The molecule has 0 saturated carbocycles. The summed E-state index contributed by atoms with van der Waals surface area (Å²) in [6.07, 6.45) is 4.18. The first kappa shape index (κ1) is 20.5. The maximum atomic E-state index is 14.0. The zero-order valence-electron chi connectivity index (χ0n) is 17.2. The third-order valence-electron chi connectivity index (χ3n) is 6.22. The number of furan rings is 1. The molecule has 2 amide bonds. The second-order valence-corrected chi connectivity index (χ2v) is 7.96. The monoisotopic (exact) mass is 412 g/mol. The number of amides is 2. The van der Waals surface area contributed by atoms with Crippen LogP contribution in [0.15, 0.2) is 47.1 Å². The lowest BCUT2D eigenvalue weighted by molar-refractivity contribution is -0.131. The van der Waals surface area contributed by atoms with Crippen molar-refractivity contribution in [1.29, 1.82) is 0 Å². The smallest absolute Gasteiger partial charge is 0.259 e. The van der Waals surface area contributed by atoms with Crippen molar-refractivity contribution in [2.45, 2.75) is 44.2 Å². The van der Waals surface area contributed by atoms with Crippen LogP contribution < -0.4 is 10.1 Å². The van der Waals surface area contributed by atoms with Crippen molar-refractivity contribution in [2.75, 3.05) is 19.8 Å². The summed E-state index contributed by atoms with van der Waals surface area (Å²) in [5, 5.41) is 13.2. The van der Waals surface area contributed by atoms with E-state index in [2.05, 4.69) is 5.32 Å². The molecule has 160 valence electrons. The second kappa shape index (κ2) is 8.52. The van der Waals surface area contributed by atoms with Gasteiger partial charge in [0, 0.05) is 19.1 Å². The number of likely N-dealkylation sites (tertiary alicyclic amines) is 1. The molecule has 0 unspecified atom stereocenters. The lowest BCUT2D eigenvalue weighted by Crippen LogP contribution is -2.57. The topological polar surface area (TPSA) is 92.0 Å². The van der Waals surface area contributed by atoms with Crippen molar-refractivity contribution >= 4 is 11.8 Å². The summed E-state index contributed by atoms with van der Waals surface area (Å²) in [6.45, 7) is 2.74. The average Bonchev–Trinajstić information content (AvgIpc) is 3.35. The molecule has 1 aromatic carbocycles. The third-order valence-corrected chi connectivity index (χ3v) is 6.22. The van der Waals surface area contributed by atoms with Gasteiger partial charge in [-0.05, 0) is 56.9 Å². The van der Waals surface area contributed by atoms with Gasteiger partial charge in [0.2, 0.25) is 5.91 Å². The van der Waals surface area contributed by atoms with Crippen LogP contribution in [0.1, 0.15) is 54.8 Å². The fourth-order valence-corrected chi connectivity index (χ4v) is 4.93. The van der Waals surface area contributed by atoms with Crippen LogP contribution >= 0.6 is 0 Å². The van der Waals surface area contributed by atoms with Gasteiger partial charge >= 0.3 is 0 Å². The first-order chi connectivity index (χ1) is 14.6. The van der Waals surface area contributed by atoms with E-state index in [9.17, 15) is 14.7 Å². The number of aliphatic hydroxyl groups is 1. The van der Waals surface area contributed by atoms with Gasteiger partial charge in [0.1, 0.15) is 17.0 Å². The molecule has 4 rings (SSSR count). The summed E-state index contributed by atoms with van der Waals surface area (Å²) in [7, 11) is 0. The van der Waals surface area contributed by atoms with E-state index in [1.54, 1.807) is 41.5 Å². The highest BCUT2D eigenvalue weighted by atomic mass is 16.5. The predicted molar refractivity (Wildman–Crippen MR) is 110 cm³/mol. The van der Waals surface area contributed by atoms with Crippen molar-refractivity contribution in [3.8, 4) is 5.75 Å². The average molecular weight is 412 g/mol. The van der Waals surface area contributed by atoms with Crippen molar-refractivity contribution < 1.29 is 23.8 Å². The molecule has 2 aliphatic rings. The van der Waals surface area contributed by atoms with E-state index >= 15 is 0 Å². The van der Waals surface area contributed by atoms with Crippen LogP contribution in [0.25, 0.3) is 0 Å². The maximum Gasteiger partial charge on any atom is 0.259 e. The number of ether oxygens (including phenoxy) is 1. The predicted octanol–water partition coefficient (Wildman–Crippen LogP) is 2.91. The van der Waals surface area contributed by atoms with Gasteiger partial charge in [-0.1, -0.05) is 12.1 Å². The van der Waals surface area contributed by atoms with Crippen LogP contribution in [-0.2, 0) is 4.79 Å². The van der Waals surface area contributed by atoms with Crippen LogP contribution in [-0.4, -0.2) is 47.1 Å². The number of benzene rings is 1. The molecule has 3 atom stereocenters. The van der Waals surface area contributed by atoms with Crippen molar-refractivity contribution in [1.82, 2.24) is 10.2 Å². The summed E-state index contributed by atoms with van der Waals surface area (Å²) in [6, 6.07) is 10.1. The quantitative estimate of drug-likeness (QED) is 0.788. The number of hydrogen-bond acceptors (Lipinski definition) is 5.